The summed E-state index contributed by atoms with van der Waals surface area (Å²) in [6.07, 6.45) is 4.36. The Morgan fingerprint density at radius 1 is 1.26 bits per heavy atom. The van der Waals surface area contributed by atoms with E-state index in [1.165, 1.54) is 12.8 Å². The summed E-state index contributed by atoms with van der Waals surface area (Å²) >= 11 is 0. The van der Waals surface area contributed by atoms with Gasteiger partial charge in [-0.15, -0.1) is 0 Å². The molecule has 1 aromatic rings. The molecule has 19 heavy (non-hydrogen) atoms. The van der Waals surface area contributed by atoms with Crippen molar-refractivity contribution in [3.8, 4) is 0 Å². The normalized spacial score (nSPS) is 19.2. The van der Waals surface area contributed by atoms with Crippen molar-refractivity contribution in [1.29, 1.82) is 0 Å². The molecule has 1 heterocycles. The maximum atomic E-state index is 13.0. The van der Waals surface area contributed by atoms with Gasteiger partial charge in [0.1, 0.15) is 11.6 Å². The molecule has 2 N–H and O–H groups in total. The van der Waals surface area contributed by atoms with Gasteiger partial charge >= 0.3 is 0 Å². The van der Waals surface area contributed by atoms with E-state index in [1.807, 2.05) is 0 Å². The number of rotatable bonds is 4. The Morgan fingerprint density at radius 3 is 2.63 bits per heavy atom. The fraction of sp³-hybridized carbons (Fsp3) is 0.500. The predicted molar refractivity (Wildman–Crippen MR) is 68.9 cm³/mol. The summed E-state index contributed by atoms with van der Waals surface area (Å²) in [6.45, 7) is 1.53. The molecule has 1 fully saturated rings. The van der Waals surface area contributed by atoms with Crippen molar-refractivity contribution in [1.82, 2.24) is 10.6 Å². The molecule has 104 valence electrons. The van der Waals surface area contributed by atoms with Gasteiger partial charge in [0.25, 0.3) is 5.91 Å². The molecule has 1 amide bonds. The number of hydrogen-bond donors (Lipinski definition) is 2. The summed E-state index contributed by atoms with van der Waals surface area (Å²) in [6, 6.07) is 3.26. The van der Waals surface area contributed by atoms with Crippen molar-refractivity contribution in [2.45, 2.75) is 31.7 Å². The molecule has 1 aliphatic heterocycles. The standard InChI is InChI=1S/C14H18F2N2O/c15-11-7-10(8-12(16)9-11)14(19)18-6-4-13-3-1-2-5-17-13/h7-9,13,17H,1-6H2,(H,18,19). The monoisotopic (exact) mass is 268 g/mol. The first-order valence-corrected chi connectivity index (χ1v) is 6.63. The lowest BCUT2D eigenvalue weighted by molar-refractivity contribution is 0.0950. The molecule has 1 saturated heterocycles. The fourth-order valence-electron chi connectivity index (χ4n) is 2.32. The van der Waals surface area contributed by atoms with Gasteiger partial charge in [0.2, 0.25) is 0 Å². The second kappa shape index (κ2) is 6.61. The lowest BCUT2D eigenvalue weighted by Crippen LogP contribution is -2.37. The topological polar surface area (TPSA) is 41.1 Å². The highest BCUT2D eigenvalue weighted by Gasteiger charge is 2.13. The van der Waals surface area contributed by atoms with E-state index in [1.54, 1.807) is 0 Å². The van der Waals surface area contributed by atoms with Crippen LogP contribution in [0.4, 0.5) is 8.78 Å². The highest BCUT2D eigenvalue weighted by molar-refractivity contribution is 5.94. The van der Waals surface area contributed by atoms with Crippen molar-refractivity contribution in [2.75, 3.05) is 13.1 Å². The Hall–Kier alpha value is -1.49. The van der Waals surface area contributed by atoms with Gasteiger partial charge in [-0.05, 0) is 37.9 Å². The lowest BCUT2D eigenvalue weighted by Gasteiger charge is -2.23. The summed E-state index contributed by atoms with van der Waals surface area (Å²) in [5, 5.41) is 6.07. The number of nitrogens with one attached hydrogen (secondary N) is 2. The zero-order valence-electron chi connectivity index (χ0n) is 10.7. The average Bonchev–Trinajstić information content (AvgIpc) is 2.38. The molecule has 0 saturated carbocycles. The van der Waals surface area contributed by atoms with Crippen LogP contribution in [0.15, 0.2) is 18.2 Å². The van der Waals surface area contributed by atoms with E-state index >= 15 is 0 Å². The number of benzene rings is 1. The third kappa shape index (κ3) is 4.28. The summed E-state index contributed by atoms with van der Waals surface area (Å²) < 4.78 is 25.9. The van der Waals surface area contributed by atoms with E-state index in [2.05, 4.69) is 10.6 Å². The smallest absolute Gasteiger partial charge is 0.251 e. The number of halogens is 2. The van der Waals surface area contributed by atoms with E-state index in [4.69, 9.17) is 0 Å². The number of hydrogen-bond acceptors (Lipinski definition) is 2. The molecule has 0 aromatic heterocycles. The van der Waals surface area contributed by atoms with Gasteiger partial charge in [0.05, 0.1) is 0 Å². The van der Waals surface area contributed by atoms with E-state index < -0.39 is 17.5 Å². The first kappa shape index (κ1) is 13.9. The molecule has 0 radical (unpaired) electrons. The zero-order chi connectivity index (χ0) is 13.7. The van der Waals surface area contributed by atoms with Crippen LogP contribution in [0.2, 0.25) is 0 Å². The lowest BCUT2D eigenvalue weighted by atomic mass is 10.0. The summed E-state index contributed by atoms with van der Waals surface area (Å²) in [5.41, 5.74) is 0.0223. The summed E-state index contributed by atoms with van der Waals surface area (Å²) in [5.74, 6) is -1.91. The minimum absolute atomic E-state index is 0.0223. The number of carbonyl (C=O) groups is 1. The van der Waals surface area contributed by atoms with E-state index in [0.29, 0.717) is 12.6 Å². The first-order valence-electron chi connectivity index (χ1n) is 6.63. The van der Waals surface area contributed by atoms with E-state index in [9.17, 15) is 13.6 Å². The maximum Gasteiger partial charge on any atom is 0.251 e. The molecule has 1 unspecified atom stereocenters. The zero-order valence-corrected chi connectivity index (χ0v) is 10.7. The molecule has 1 aromatic carbocycles. The van der Waals surface area contributed by atoms with Gasteiger partial charge < -0.3 is 10.6 Å². The Labute approximate surface area is 111 Å². The molecular weight excluding hydrogens is 250 g/mol. The van der Waals surface area contributed by atoms with Crippen molar-refractivity contribution in [3.05, 3.63) is 35.4 Å². The highest BCUT2D eigenvalue weighted by atomic mass is 19.1. The van der Waals surface area contributed by atoms with Crippen LogP contribution in [0.3, 0.4) is 0 Å². The first-order chi connectivity index (χ1) is 9.15. The highest BCUT2D eigenvalue weighted by Crippen LogP contribution is 2.10. The molecule has 1 aliphatic rings. The molecule has 2 rings (SSSR count). The average molecular weight is 268 g/mol. The molecule has 3 nitrogen and oxygen atoms in total. The van der Waals surface area contributed by atoms with Crippen LogP contribution >= 0.6 is 0 Å². The number of amides is 1. The Balaban J connectivity index is 1.80. The summed E-state index contributed by atoms with van der Waals surface area (Å²) in [7, 11) is 0. The van der Waals surface area contributed by atoms with Gasteiger partial charge in [0.15, 0.2) is 0 Å². The third-order valence-electron chi connectivity index (χ3n) is 3.32. The van der Waals surface area contributed by atoms with Crippen molar-refractivity contribution < 1.29 is 13.6 Å². The minimum Gasteiger partial charge on any atom is -0.352 e. The Bertz CT molecular complexity index is 425. The quantitative estimate of drug-likeness (QED) is 0.879. The second-order valence-electron chi connectivity index (χ2n) is 4.85. The maximum absolute atomic E-state index is 13.0. The van der Waals surface area contributed by atoms with Crippen LogP contribution in [0.5, 0.6) is 0 Å². The van der Waals surface area contributed by atoms with Crippen LogP contribution in [0.1, 0.15) is 36.0 Å². The van der Waals surface area contributed by atoms with Crippen molar-refractivity contribution in [3.63, 3.8) is 0 Å². The SMILES string of the molecule is O=C(NCCC1CCCCN1)c1cc(F)cc(F)c1. The van der Waals surface area contributed by atoms with Crippen LogP contribution in [-0.4, -0.2) is 25.0 Å². The van der Waals surface area contributed by atoms with Crippen molar-refractivity contribution in [2.24, 2.45) is 0 Å². The Kier molecular flexibility index (Phi) is 4.85. The van der Waals surface area contributed by atoms with Gasteiger partial charge in [-0.2, -0.15) is 0 Å². The van der Waals surface area contributed by atoms with Gasteiger partial charge in [-0.25, -0.2) is 8.78 Å². The second-order valence-corrected chi connectivity index (χ2v) is 4.85. The molecule has 0 bridgehead atoms. The predicted octanol–water partition coefficient (Wildman–Crippen LogP) is 2.23. The molecule has 0 spiro atoms. The van der Waals surface area contributed by atoms with Crippen LogP contribution in [0, 0.1) is 11.6 Å². The number of piperidine rings is 1. The molecule has 1 atom stereocenters. The van der Waals surface area contributed by atoms with Crippen LogP contribution < -0.4 is 10.6 Å². The summed E-state index contributed by atoms with van der Waals surface area (Å²) in [4.78, 5) is 11.7. The largest absolute Gasteiger partial charge is 0.352 e. The van der Waals surface area contributed by atoms with E-state index in [0.717, 1.165) is 37.6 Å². The minimum atomic E-state index is -0.737. The van der Waals surface area contributed by atoms with Gasteiger partial charge in [-0.3, -0.25) is 4.79 Å². The molecule has 5 heteroatoms. The van der Waals surface area contributed by atoms with Crippen LogP contribution in [0.25, 0.3) is 0 Å². The number of carbonyl (C=O) groups excluding carboxylic acids is 1. The third-order valence-corrected chi connectivity index (χ3v) is 3.32. The molecular formula is C14H18F2N2O. The Morgan fingerprint density at radius 2 is 2.00 bits per heavy atom. The molecule has 0 aliphatic carbocycles. The van der Waals surface area contributed by atoms with Crippen LogP contribution in [-0.2, 0) is 0 Å². The van der Waals surface area contributed by atoms with Crippen molar-refractivity contribution >= 4 is 5.91 Å². The van der Waals surface area contributed by atoms with Gasteiger partial charge in [-0.1, -0.05) is 6.42 Å². The van der Waals surface area contributed by atoms with Gasteiger partial charge in [0, 0.05) is 24.2 Å². The fourth-order valence-corrected chi connectivity index (χ4v) is 2.32. The van der Waals surface area contributed by atoms with E-state index in [-0.39, 0.29) is 5.56 Å².